The summed E-state index contributed by atoms with van der Waals surface area (Å²) in [6.45, 7) is 0. The van der Waals surface area contributed by atoms with Gasteiger partial charge >= 0.3 is 0 Å². The van der Waals surface area contributed by atoms with Crippen molar-refractivity contribution >= 4 is 0 Å². The highest BCUT2D eigenvalue weighted by molar-refractivity contribution is 5.05. The summed E-state index contributed by atoms with van der Waals surface area (Å²) in [5.41, 5.74) is 0. The summed E-state index contributed by atoms with van der Waals surface area (Å²) >= 11 is 0. The Bertz CT molecular complexity index is 228. The number of hydrogen-bond acceptors (Lipinski definition) is 0. The first-order valence-corrected chi connectivity index (χ1v) is 5.62. The van der Waals surface area contributed by atoms with Gasteiger partial charge in [0.2, 0.25) is 0 Å². The van der Waals surface area contributed by atoms with Gasteiger partial charge < -0.3 is 0 Å². The predicted molar refractivity (Wildman–Crippen MR) is 64.3 cm³/mol. The Labute approximate surface area is 87.7 Å². The van der Waals surface area contributed by atoms with E-state index in [1.165, 1.54) is 32.1 Å². The quantitative estimate of drug-likeness (QED) is 0.489. The Morgan fingerprint density at radius 3 is 2.07 bits per heavy atom. The normalized spacial score (nSPS) is 26.3. The van der Waals surface area contributed by atoms with Crippen molar-refractivity contribution in [3.8, 4) is 0 Å². The van der Waals surface area contributed by atoms with E-state index in [0.29, 0.717) is 0 Å². The molecule has 0 N–H and O–H groups in total. The summed E-state index contributed by atoms with van der Waals surface area (Å²) in [5, 5.41) is 0. The molecule has 0 bridgehead atoms. The molecular formula is C14H20. The second-order valence-corrected chi connectivity index (χ2v) is 3.54. The van der Waals surface area contributed by atoms with Gasteiger partial charge in [-0.1, -0.05) is 48.6 Å². The fourth-order valence-electron chi connectivity index (χ4n) is 1.41. The maximum absolute atomic E-state index is 2.31. The van der Waals surface area contributed by atoms with E-state index < -0.39 is 0 Å². The molecule has 0 radical (unpaired) electrons. The highest BCUT2D eigenvalue weighted by Gasteiger charge is 1.81. The van der Waals surface area contributed by atoms with E-state index in [1.807, 2.05) is 0 Å². The van der Waals surface area contributed by atoms with Crippen LogP contribution in [0, 0.1) is 0 Å². The second kappa shape index (κ2) is 8.55. The average Bonchev–Trinajstić information content (AvgIpc) is 2.22. The standard InChI is InChI=1S/C14H20/c1-2-4-6-8-10-12-14-13-11-9-7-5-3-1/h1-4,7,9,12,14H,5-6,8,10-11,13H2/b3-1-,4-2+,9-7?,14-12-. The Morgan fingerprint density at radius 1 is 0.500 bits per heavy atom. The highest BCUT2D eigenvalue weighted by atomic mass is 13.9. The molecule has 0 aliphatic heterocycles. The van der Waals surface area contributed by atoms with Crippen LogP contribution in [0.25, 0.3) is 0 Å². The van der Waals surface area contributed by atoms with Crippen molar-refractivity contribution in [2.75, 3.05) is 0 Å². The molecule has 0 fully saturated rings. The molecule has 14 heavy (non-hydrogen) atoms. The molecular weight excluding hydrogens is 168 g/mol. The molecule has 0 spiro atoms. The first-order chi connectivity index (χ1) is 7.00. The number of hydrogen-bond donors (Lipinski definition) is 0. The van der Waals surface area contributed by atoms with E-state index in [9.17, 15) is 0 Å². The van der Waals surface area contributed by atoms with Crippen molar-refractivity contribution in [1.82, 2.24) is 0 Å². The van der Waals surface area contributed by atoms with Gasteiger partial charge in [-0.2, -0.15) is 0 Å². The Hall–Kier alpha value is -1.04. The van der Waals surface area contributed by atoms with Crippen molar-refractivity contribution in [2.24, 2.45) is 0 Å². The zero-order chi connectivity index (χ0) is 9.90. The molecule has 0 aromatic rings. The lowest BCUT2D eigenvalue weighted by Gasteiger charge is -1.91. The van der Waals surface area contributed by atoms with Gasteiger partial charge in [0.15, 0.2) is 0 Å². The van der Waals surface area contributed by atoms with Crippen LogP contribution in [-0.4, -0.2) is 0 Å². The largest absolute Gasteiger partial charge is 0.0885 e. The maximum atomic E-state index is 2.31. The zero-order valence-corrected chi connectivity index (χ0v) is 8.86. The lowest BCUT2D eigenvalue weighted by Crippen LogP contribution is -1.71. The van der Waals surface area contributed by atoms with Gasteiger partial charge in [0.05, 0.1) is 0 Å². The Kier molecular flexibility index (Phi) is 6.74. The predicted octanol–water partition coefficient (Wildman–Crippen LogP) is 4.57. The van der Waals surface area contributed by atoms with E-state index in [-0.39, 0.29) is 0 Å². The molecule has 0 unspecified atom stereocenters. The topological polar surface area (TPSA) is 0 Å². The van der Waals surface area contributed by atoms with Crippen LogP contribution in [0.3, 0.4) is 0 Å². The highest BCUT2D eigenvalue weighted by Crippen LogP contribution is 2.02. The van der Waals surface area contributed by atoms with Crippen molar-refractivity contribution in [3.63, 3.8) is 0 Å². The zero-order valence-electron chi connectivity index (χ0n) is 8.86. The summed E-state index contributed by atoms with van der Waals surface area (Å²) in [7, 11) is 0. The van der Waals surface area contributed by atoms with Gasteiger partial charge in [0, 0.05) is 0 Å². The van der Waals surface area contributed by atoms with Gasteiger partial charge in [-0.05, 0) is 38.5 Å². The monoisotopic (exact) mass is 188 g/mol. The first kappa shape index (κ1) is 11.0. The van der Waals surface area contributed by atoms with Crippen LogP contribution < -0.4 is 0 Å². The molecule has 1 aliphatic rings. The average molecular weight is 188 g/mol. The minimum Gasteiger partial charge on any atom is -0.0885 e. The van der Waals surface area contributed by atoms with Gasteiger partial charge in [-0.3, -0.25) is 0 Å². The molecule has 0 atom stereocenters. The smallest absolute Gasteiger partial charge is 0.0166 e. The van der Waals surface area contributed by atoms with E-state index in [0.717, 1.165) is 6.42 Å². The Balaban J connectivity index is 2.34. The van der Waals surface area contributed by atoms with Gasteiger partial charge in [-0.25, -0.2) is 0 Å². The number of rotatable bonds is 0. The van der Waals surface area contributed by atoms with E-state index in [2.05, 4.69) is 48.6 Å². The second-order valence-electron chi connectivity index (χ2n) is 3.54. The van der Waals surface area contributed by atoms with Crippen LogP contribution in [0.2, 0.25) is 0 Å². The number of allylic oxidation sites excluding steroid dienone is 8. The molecule has 1 rings (SSSR count). The molecule has 0 saturated heterocycles. The third-order valence-electron chi connectivity index (χ3n) is 2.23. The molecule has 0 aromatic heterocycles. The van der Waals surface area contributed by atoms with E-state index in [1.54, 1.807) is 0 Å². The van der Waals surface area contributed by atoms with Gasteiger partial charge in [0.1, 0.15) is 0 Å². The molecule has 1 aliphatic carbocycles. The summed E-state index contributed by atoms with van der Waals surface area (Å²) in [6, 6.07) is 0. The molecule has 0 heterocycles. The van der Waals surface area contributed by atoms with Crippen molar-refractivity contribution < 1.29 is 0 Å². The first-order valence-electron chi connectivity index (χ1n) is 5.62. The van der Waals surface area contributed by atoms with Gasteiger partial charge in [-0.15, -0.1) is 0 Å². The fraction of sp³-hybridized carbons (Fsp3) is 0.429. The SMILES string of the molecule is C1=CCC/C=C\CCC/C=C/C=C\C1. The molecule has 0 aromatic carbocycles. The van der Waals surface area contributed by atoms with Crippen molar-refractivity contribution in [3.05, 3.63) is 48.6 Å². The minimum atomic E-state index is 1.06. The summed E-state index contributed by atoms with van der Waals surface area (Å²) in [5.74, 6) is 0. The third-order valence-corrected chi connectivity index (χ3v) is 2.23. The molecule has 0 amide bonds. The summed E-state index contributed by atoms with van der Waals surface area (Å²) in [4.78, 5) is 0. The molecule has 0 saturated carbocycles. The lowest BCUT2D eigenvalue weighted by molar-refractivity contribution is 0.862. The molecule has 76 valence electrons. The third kappa shape index (κ3) is 6.47. The van der Waals surface area contributed by atoms with Crippen LogP contribution in [0.1, 0.15) is 38.5 Å². The van der Waals surface area contributed by atoms with Crippen LogP contribution in [0.5, 0.6) is 0 Å². The van der Waals surface area contributed by atoms with Gasteiger partial charge in [0.25, 0.3) is 0 Å². The fourth-order valence-corrected chi connectivity index (χ4v) is 1.41. The van der Waals surface area contributed by atoms with E-state index >= 15 is 0 Å². The van der Waals surface area contributed by atoms with Crippen LogP contribution in [-0.2, 0) is 0 Å². The van der Waals surface area contributed by atoms with Crippen molar-refractivity contribution in [1.29, 1.82) is 0 Å². The van der Waals surface area contributed by atoms with Crippen molar-refractivity contribution in [2.45, 2.75) is 38.5 Å². The minimum absolute atomic E-state index is 1.06. The molecule has 0 nitrogen and oxygen atoms in total. The maximum Gasteiger partial charge on any atom is -0.0166 e. The van der Waals surface area contributed by atoms with Crippen LogP contribution >= 0.6 is 0 Å². The van der Waals surface area contributed by atoms with Crippen LogP contribution in [0.15, 0.2) is 48.6 Å². The summed E-state index contributed by atoms with van der Waals surface area (Å²) < 4.78 is 0. The van der Waals surface area contributed by atoms with E-state index in [4.69, 9.17) is 0 Å². The Morgan fingerprint density at radius 2 is 1.14 bits per heavy atom. The van der Waals surface area contributed by atoms with Crippen LogP contribution in [0.4, 0.5) is 0 Å². The summed E-state index contributed by atoms with van der Waals surface area (Å²) in [6.07, 6.45) is 25.0. The molecule has 0 heteroatoms. The lowest BCUT2D eigenvalue weighted by atomic mass is 10.2.